The zero-order chi connectivity index (χ0) is 16.4. The molecule has 0 unspecified atom stereocenters. The number of amides is 1. The summed E-state index contributed by atoms with van der Waals surface area (Å²) >= 11 is 5.91. The maximum atomic E-state index is 12.3. The molecule has 23 heavy (non-hydrogen) atoms. The second kappa shape index (κ2) is 6.62. The van der Waals surface area contributed by atoms with Gasteiger partial charge in [-0.15, -0.1) is 0 Å². The molecule has 0 radical (unpaired) electrons. The number of rotatable bonds is 4. The molecular weight excluding hydrogens is 314 g/mol. The summed E-state index contributed by atoms with van der Waals surface area (Å²) in [6.45, 7) is 5.48. The third kappa shape index (κ3) is 3.67. The highest BCUT2D eigenvalue weighted by Gasteiger charge is 2.28. The van der Waals surface area contributed by atoms with Gasteiger partial charge in [-0.2, -0.15) is 5.10 Å². The second-order valence-electron chi connectivity index (χ2n) is 5.90. The summed E-state index contributed by atoms with van der Waals surface area (Å²) in [4.78, 5) is 14.1. The summed E-state index contributed by atoms with van der Waals surface area (Å²) in [5.41, 5.74) is 2.15. The molecule has 122 valence electrons. The monoisotopic (exact) mass is 333 g/mol. The van der Waals surface area contributed by atoms with Gasteiger partial charge >= 0.3 is 0 Å². The fraction of sp³-hybridized carbons (Fsp3) is 0.412. The molecule has 1 aromatic heterocycles. The molecule has 6 heteroatoms. The van der Waals surface area contributed by atoms with E-state index < -0.39 is 0 Å². The van der Waals surface area contributed by atoms with E-state index in [-0.39, 0.29) is 18.6 Å². The van der Waals surface area contributed by atoms with Gasteiger partial charge in [-0.25, -0.2) is 0 Å². The number of hydrogen-bond acceptors (Lipinski definition) is 3. The highest BCUT2D eigenvalue weighted by atomic mass is 35.5. The van der Waals surface area contributed by atoms with E-state index >= 15 is 0 Å². The van der Waals surface area contributed by atoms with Gasteiger partial charge < -0.3 is 9.64 Å². The van der Waals surface area contributed by atoms with E-state index in [1.165, 1.54) is 0 Å². The van der Waals surface area contributed by atoms with Crippen molar-refractivity contribution in [2.75, 3.05) is 19.7 Å². The van der Waals surface area contributed by atoms with Crippen molar-refractivity contribution in [3.05, 3.63) is 46.7 Å². The molecule has 0 saturated carbocycles. The molecule has 1 aromatic carbocycles. The first-order chi connectivity index (χ1) is 11.0. The molecule has 1 saturated heterocycles. The highest BCUT2D eigenvalue weighted by Crippen LogP contribution is 2.23. The zero-order valence-electron chi connectivity index (χ0n) is 13.3. The van der Waals surface area contributed by atoms with Gasteiger partial charge in [0.2, 0.25) is 0 Å². The maximum Gasteiger partial charge on any atom is 0.260 e. The molecule has 0 N–H and O–H groups in total. The number of benzene rings is 1. The first-order valence-corrected chi connectivity index (χ1v) is 8.09. The summed E-state index contributed by atoms with van der Waals surface area (Å²) in [7, 11) is 0. The van der Waals surface area contributed by atoms with Gasteiger partial charge in [0.25, 0.3) is 5.91 Å². The Balaban J connectivity index is 1.56. The van der Waals surface area contributed by atoms with Crippen molar-refractivity contribution in [3.8, 4) is 5.75 Å². The SMILES string of the molecule is Cc1cc(C)n([C@H]2CCN(C(=O)COc3cccc(Cl)c3)C2)n1. The van der Waals surface area contributed by atoms with Crippen LogP contribution < -0.4 is 4.74 Å². The number of carbonyl (C=O) groups is 1. The highest BCUT2D eigenvalue weighted by molar-refractivity contribution is 6.30. The van der Waals surface area contributed by atoms with Gasteiger partial charge in [-0.1, -0.05) is 17.7 Å². The Morgan fingerprint density at radius 3 is 2.91 bits per heavy atom. The lowest BCUT2D eigenvalue weighted by Gasteiger charge is -2.17. The lowest BCUT2D eigenvalue weighted by molar-refractivity contribution is -0.132. The number of halogens is 1. The average Bonchev–Trinajstić information content (AvgIpc) is 3.11. The number of ether oxygens (including phenoxy) is 1. The molecule has 0 spiro atoms. The van der Waals surface area contributed by atoms with Crippen LogP contribution in [0.4, 0.5) is 0 Å². The van der Waals surface area contributed by atoms with Crippen LogP contribution >= 0.6 is 11.6 Å². The molecule has 3 rings (SSSR count). The maximum absolute atomic E-state index is 12.3. The fourth-order valence-electron chi connectivity index (χ4n) is 2.98. The van der Waals surface area contributed by atoms with Crippen molar-refractivity contribution >= 4 is 17.5 Å². The Morgan fingerprint density at radius 1 is 1.39 bits per heavy atom. The minimum atomic E-state index is -0.00555. The molecule has 2 heterocycles. The minimum Gasteiger partial charge on any atom is -0.484 e. The summed E-state index contributed by atoms with van der Waals surface area (Å²) in [5.74, 6) is 0.606. The Morgan fingerprint density at radius 2 is 2.22 bits per heavy atom. The first-order valence-electron chi connectivity index (χ1n) is 7.72. The predicted molar refractivity (Wildman–Crippen MR) is 88.9 cm³/mol. The zero-order valence-corrected chi connectivity index (χ0v) is 14.1. The van der Waals surface area contributed by atoms with E-state index in [9.17, 15) is 4.79 Å². The smallest absolute Gasteiger partial charge is 0.260 e. The van der Waals surface area contributed by atoms with Crippen molar-refractivity contribution in [1.82, 2.24) is 14.7 Å². The van der Waals surface area contributed by atoms with E-state index in [4.69, 9.17) is 16.3 Å². The molecule has 1 fully saturated rings. The van der Waals surface area contributed by atoms with Crippen molar-refractivity contribution in [2.45, 2.75) is 26.3 Å². The second-order valence-corrected chi connectivity index (χ2v) is 6.34. The van der Waals surface area contributed by atoms with Gasteiger partial charge in [0.15, 0.2) is 6.61 Å². The molecule has 0 bridgehead atoms. The van der Waals surface area contributed by atoms with Crippen LogP contribution in [0, 0.1) is 13.8 Å². The molecule has 1 aliphatic heterocycles. The van der Waals surface area contributed by atoms with Crippen molar-refractivity contribution < 1.29 is 9.53 Å². The van der Waals surface area contributed by atoms with Crippen molar-refractivity contribution in [3.63, 3.8) is 0 Å². The number of aryl methyl sites for hydroxylation is 2. The third-order valence-electron chi connectivity index (χ3n) is 4.06. The van der Waals surface area contributed by atoms with Crippen LogP contribution in [0.2, 0.25) is 5.02 Å². The van der Waals surface area contributed by atoms with E-state index in [0.717, 1.165) is 24.4 Å². The summed E-state index contributed by atoms with van der Waals surface area (Å²) in [6.07, 6.45) is 0.921. The van der Waals surface area contributed by atoms with Gasteiger partial charge in [-0.3, -0.25) is 9.48 Å². The van der Waals surface area contributed by atoms with Crippen LogP contribution in [0.3, 0.4) is 0 Å². The number of aromatic nitrogens is 2. The van der Waals surface area contributed by atoms with Crippen molar-refractivity contribution in [1.29, 1.82) is 0 Å². The van der Waals surface area contributed by atoms with Crippen LogP contribution in [0.5, 0.6) is 5.75 Å². The van der Waals surface area contributed by atoms with Gasteiger partial charge in [0, 0.05) is 23.8 Å². The van der Waals surface area contributed by atoms with E-state index in [0.29, 0.717) is 17.3 Å². The lowest BCUT2D eigenvalue weighted by atomic mass is 10.2. The largest absolute Gasteiger partial charge is 0.484 e. The predicted octanol–water partition coefficient (Wildman–Crippen LogP) is 3.01. The van der Waals surface area contributed by atoms with Crippen LogP contribution in [-0.4, -0.2) is 40.3 Å². The number of nitrogens with zero attached hydrogens (tertiary/aromatic N) is 3. The quantitative estimate of drug-likeness (QED) is 0.864. The Hall–Kier alpha value is -2.01. The standard InChI is InChI=1S/C17H20ClN3O2/c1-12-8-13(2)21(19-12)15-6-7-20(10-15)17(22)11-23-16-5-3-4-14(18)9-16/h3-5,8-9,15H,6-7,10-11H2,1-2H3/t15-/m0/s1. The summed E-state index contributed by atoms with van der Waals surface area (Å²) in [6, 6.07) is 9.39. The van der Waals surface area contributed by atoms with Gasteiger partial charge in [0.05, 0.1) is 11.7 Å². The van der Waals surface area contributed by atoms with Crippen LogP contribution in [-0.2, 0) is 4.79 Å². The third-order valence-corrected chi connectivity index (χ3v) is 4.30. The summed E-state index contributed by atoms with van der Waals surface area (Å²) < 4.78 is 7.56. The van der Waals surface area contributed by atoms with Crippen LogP contribution in [0.1, 0.15) is 23.9 Å². The Kier molecular flexibility index (Phi) is 4.57. The Bertz CT molecular complexity index is 714. The van der Waals surface area contributed by atoms with E-state index in [2.05, 4.69) is 11.2 Å². The molecule has 1 atom stereocenters. The molecule has 1 amide bonds. The first kappa shape index (κ1) is 15.9. The molecular formula is C17H20ClN3O2. The number of likely N-dealkylation sites (tertiary alicyclic amines) is 1. The molecule has 0 aliphatic carbocycles. The minimum absolute atomic E-state index is 0.00555. The van der Waals surface area contributed by atoms with Gasteiger partial charge in [-0.05, 0) is 44.5 Å². The number of hydrogen-bond donors (Lipinski definition) is 0. The average molecular weight is 334 g/mol. The molecule has 5 nitrogen and oxygen atoms in total. The lowest BCUT2D eigenvalue weighted by Crippen LogP contribution is -2.33. The fourth-order valence-corrected chi connectivity index (χ4v) is 3.16. The van der Waals surface area contributed by atoms with Crippen LogP contribution in [0.15, 0.2) is 30.3 Å². The topological polar surface area (TPSA) is 47.4 Å². The van der Waals surface area contributed by atoms with E-state index in [1.807, 2.05) is 23.4 Å². The Labute approximate surface area is 140 Å². The van der Waals surface area contributed by atoms with Crippen molar-refractivity contribution in [2.24, 2.45) is 0 Å². The van der Waals surface area contributed by atoms with Crippen LogP contribution in [0.25, 0.3) is 0 Å². The normalized spacial score (nSPS) is 17.5. The molecule has 1 aliphatic rings. The molecule has 2 aromatic rings. The number of carbonyl (C=O) groups excluding carboxylic acids is 1. The summed E-state index contributed by atoms with van der Waals surface area (Å²) in [5, 5.41) is 5.12. The van der Waals surface area contributed by atoms with E-state index in [1.54, 1.807) is 24.3 Å². The van der Waals surface area contributed by atoms with Gasteiger partial charge in [0.1, 0.15) is 5.75 Å².